The van der Waals surface area contributed by atoms with Crippen molar-refractivity contribution in [2.45, 2.75) is 31.7 Å². The lowest BCUT2D eigenvalue weighted by Gasteiger charge is -2.12. The highest BCUT2D eigenvalue weighted by atomic mass is 32.2. The van der Waals surface area contributed by atoms with E-state index < -0.39 is 22.0 Å². The molecule has 1 unspecified atom stereocenters. The number of aryl methyl sites for hydroxylation is 2. The van der Waals surface area contributed by atoms with Crippen LogP contribution < -0.4 is 10.0 Å². The van der Waals surface area contributed by atoms with Crippen LogP contribution in [0.5, 0.6) is 0 Å². The molecule has 7 nitrogen and oxygen atoms in total. The van der Waals surface area contributed by atoms with Crippen molar-refractivity contribution >= 4 is 15.9 Å². The van der Waals surface area contributed by atoms with Crippen LogP contribution in [0.15, 0.2) is 4.90 Å². The summed E-state index contributed by atoms with van der Waals surface area (Å²) in [6, 6.07) is -0.834. The fourth-order valence-electron chi connectivity index (χ4n) is 1.70. The number of likely N-dealkylation sites (N-methyl/N-ethyl adjacent to an activating group) is 1. The minimum absolute atomic E-state index is 0.126. The molecule has 0 fully saturated rings. The first-order valence-corrected chi connectivity index (χ1v) is 6.93. The highest BCUT2D eigenvalue weighted by Gasteiger charge is 2.27. The zero-order chi connectivity index (χ0) is 14.1. The van der Waals surface area contributed by atoms with Gasteiger partial charge in [0.15, 0.2) is 0 Å². The molecule has 0 spiro atoms. The normalized spacial score (nSPS) is 13.4. The Labute approximate surface area is 107 Å². The predicted octanol–water partition coefficient (Wildman–Crippen LogP) is -0.550. The molecule has 1 atom stereocenters. The number of nitrogens with one attached hydrogen (secondary N) is 2. The monoisotopic (exact) mass is 274 g/mol. The summed E-state index contributed by atoms with van der Waals surface area (Å²) in [5.74, 6) is -0.391. The van der Waals surface area contributed by atoms with Gasteiger partial charge in [-0.05, 0) is 20.8 Å². The second-order valence-corrected chi connectivity index (χ2v) is 5.73. The van der Waals surface area contributed by atoms with Gasteiger partial charge in [0.25, 0.3) is 0 Å². The lowest BCUT2D eigenvalue weighted by molar-refractivity contribution is -0.121. The van der Waals surface area contributed by atoms with Crippen LogP contribution in [0.1, 0.15) is 18.3 Å². The molecule has 0 aromatic carbocycles. The molecule has 0 aliphatic carbocycles. The second-order valence-electron chi connectivity index (χ2n) is 4.08. The molecule has 1 heterocycles. The molecule has 1 aromatic rings. The topological polar surface area (TPSA) is 93.1 Å². The van der Waals surface area contributed by atoms with Crippen LogP contribution in [0.3, 0.4) is 0 Å². The van der Waals surface area contributed by atoms with Crippen LogP contribution in [0.2, 0.25) is 0 Å². The van der Waals surface area contributed by atoms with Crippen LogP contribution in [-0.4, -0.2) is 37.2 Å². The molecule has 1 aromatic heterocycles. The molecule has 2 N–H and O–H groups in total. The Bertz CT molecular complexity index is 562. The summed E-state index contributed by atoms with van der Waals surface area (Å²) in [6.07, 6.45) is 0. The van der Waals surface area contributed by atoms with E-state index in [0.29, 0.717) is 11.4 Å². The summed E-state index contributed by atoms with van der Waals surface area (Å²) in [4.78, 5) is 11.5. The Morgan fingerprint density at radius 2 is 1.94 bits per heavy atom. The molecule has 8 heteroatoms. The number of carbonyl (C=O) groups excluding carboxylic acids is 1. The van der Waals surface area contributed by atoms with E-state index in [9.17, 15) is 13.2 Å². The van der Waals surface area contributed by atoms with Crippen molar-refractivity contribution < 1.29 is 13.2 Å². The number of hydrogen-bond acceptors (Lipinski definition) is 4. The molecule has 0 bridgehead atoms. The van der Waals surface area contributed by atoms with Crippen molar-refractivity contribution in [2.24, 2.45) is 7.05 Å². The van der Waals surface area contributed by atoms with Crippen molar-refractivity contribution in [1.82, 2.24) is 19.8 Å². The average Bonchev–Trinajstić information content (AvgIpc) is 2.51. The average molecular weight is 274 g/mol. The van der Waals surface area contributed by atoms with Gasteiger partial charge in [0, 0.05) is 14.1 Å². The Balaban J connectivity index is 3.11. The molecule has 18 heavy (non-hydrogen) atoms. The molecular formula is C10H18N4O3S. The van der Waals surface area contributed by atoms with Gasteiger partial charge in [0.05, 0.1) is 17.4 Å². The third kappa shape index (κ3) is 2.70. The molecule has 0 saturated carbocycles. The predicted molar refractivity (Wildman–Crippen MR) is 66.5 cm³/mol. The second kappa shape index (κ2) is 5.07. The maximum atomic E-state index is 12.2. The number of carbonyl (C=O) groups is 1. The van der Waals surface area contributed by atoms with Gasteiger partial charge >= 0.3 is 0 Å². The molecule has 0 radical (unpaired) electrons. The Morgan fingerprint density at radius 3 is 2.33 bits per heavy atom. The van der Waals surface area contributed by atoms with Crippen molar-refractivity contribution in [3.63, 3.8) is 0 Å². The Morgan fingerprint density at radius 1 is 1.39 bits per heavy atom. The highest BCUT2D eigenvalue weighted by Crippen LogP contribution is 2.18. The standard InChI is InChI=1S/C10H18N4O3S/c1-6-9(8(3)14(5)12-6)18(16,17)13-7(2)10(15)11-4/h7,13H,1-5H3,(H,11,15). The van der Waals surface area contributed by atoms with Gasteiger partial charge < -0.3 is 5.32 Å². The number of aromatic nitrogens is 2. The number of sulfonamides is 1. The first-order chi connectivity index (χ1) is 8.20. The first-order valence-electron chi connectivity index (χ1n) is 5.44. The van der Waals surface area contributed by atoms with E-state index in [4.69, 9.17) is 0 Å². The molecule has 0 saturated heterocycles. The van der Waals surface area contributed by atoms with E-state index in [1.165, 1.54) is 18.7 Å². The van der Waals surface area contributed by atoms with Gasteiger partial charge in [-0.15, -0.1) is 0 Å². The van der Waals surface area contributed by atoms with Crippen LogP contribution >= 0.6 is 0 Å². The maximum absolute atomic E-state index is 12.2. The van der Waals surface area contributed by atoms with Crippen molar-refractivity contribution in [3.8, 4) is 0 Å². The Kier molecular flexibility index (Phi) is 4.12. The molecular weight excluding hydrogens is 256 g/mol. The minimum Gasteiger partial charge on any atom is -0.358 e. The Hall–Kier alpha value is -1.41. The van der Waals surface area contributed by atoms with Gasteiger partial charge in [-0.3, -0.25) is 9.48 Å². The van der Waals surface area contributed by atoms with Gasteiger partial charge in [-0.25, -0.2) is 8.42 Å². The van der Waals surface area contributed by atoms with E-state index in [1.54, 1.807) is 20.9 Å². The maximum Gasteiger partial charge on any atom is 0.244 e. The third-order valence-electron chi connectivity index (χ3n) is 2.68. The van der Waals surface area contributed by atoms with Gasteiger partial charge in [0.2, 0.25) is 15.9 Å². The zero-order valence-corrected chi connectivity index (χ0v) is 11.9. The summed E-state index contributed by atoms with van der Waals surface area (Å²) in [7, 11) is -0.627. The SMILES string of the molecule is CNC(=O)C(C)NS(=O)(=O)c1c(C)nn(C)c1C. The van der Waals surface area contributed by atoms with E-state index in [2.05, 4.69) is 15.1 Å². The summed E-state index contributed by atoms with van der Waals surface area (Å²) in [6.45, 7) is 4.77. The number of rotatable bonds is 4. The highest BCUT2D eigenvalue weighted by molar-refractivity contribution is 7.89. The fourth-order valence-corrected chi connectivity index (χ4v) is 3.35. The van der Waals surface area contributed by atoms with Crippen LogP contribution in [-0.2, 0) is 21.9 Å². The van der Waals surface area contributed by atoms with E-state index in [-0.39, 0.29) is 4.90 Å². The van der Waals surface area contributed by atoms with E-state index >= 15 is 0 Å². The summed E-state index contributed by atoms with van der Waals surface area (Å²) < 4.78 is 28.2. The number of hydrogen-bond donors (Lipinski definition) is 2. The molecule has 1 amide bonds. The quantitative estimate of drug-likeness (QED) is 0.770. The van der Waals surface area contributed by atoms with Crippen molar-refractivity contribution in [3.05, 3.63) is 11.4 Å². The molecule has 1 rings (SSSR count). The molecule has 0 aliphatic heterocycles. The molecule has 102 valence electrons. The van der Waals surface area contributed by atoms with Gasteiger partial charge in [0.1, 0.15) is 4.90 Å². The zero-order valence-electron chi connectivity index (χ0n) is 11.1. The van der Waals surface area contributed by atoms with Crippen molar-refractivity contribution in [2.75, 3.05) is 7.05 Å². The molecule has 0 aliphatic rings. The first kappa shape index (κ1) is 14.7. The third-order valence-corrected chi connectivity index (χ3v) is 4.48. The minimum atomic E-state index is -3.75. The van der Waals surface area contributed by atoms with Crippen LogP contribution in [0, 0.1) is 13.8 Å². The lowest BCUT2D eigenvalue weighted by Crippen LogP contribution is -2.43. The smallest absolute Gasteiger partial charge is 0.244 e. The van der Waals surface area contributed by atoms with Crippen LogP contribution in [0.25, 0.3) is 0 Å². The van der Waals surface area contributed by atoms with Gasteiger partial charge in [-0.1, -0.05) is 0 Å². The van der Waals surface area contributed by atoms with Gasteiger partial charge in [-0.2, -0.15) is 9.82 Å². The number of amides is 1. The van der Waals surface area contributed by atoms with Crippen LogP contribution in [0.4, 0.5) is 0 Å². The van der Waals surface area contributed by atoms with E-state index in [1.807, 2.05) is 0 Å². The number of nitrogens with zero attached hydrogens (tertiary/aromatic N) is 2. The van der Waals surface area contributed by atoms with E-state index in [0.717, 1.165) is 0 Å². The summed E-state index contributed by atoms with van der Waals surface area (Å²) in [5, 5.41) is 6.43. The van der Waals surface area contributed by atoms with Crippen molar-refractivity contribution in [1.29, 1.82) is 0 Å². The fraction of sp³-hybridized carbons (Fsp3) is 0.600. The largest absolute Gasteiger partial charge is 0.358 e. The summed E-state index contributed by atoms with van der Waals surface area (Å²) in [5.41, 5.74) is 0.940. The summed E-state index contributed by atoms with van der Waals surface area (Å²) >= 11 is 0. The lowest BCUT2D eigenvalue weighted by atomic mass is 10.3.